The molecule has 0 amide bonds. The Morgan fingerprint density at radius 2 is 2.33 bits per heavy atom. The molecule has 2 unspecified atom stereocenters. The molecule has 1 spiro atoms. The van der Waals surface area contributed by atoms with Gasteiger partial charge in [-0.05, 0) is 26.2 Å². The van der Waals surface area contributed by atoms with Gasteiger partial charge in [0.15, 0.2) is 0 Å². The Morgan fingerprint density at radius 1 is 1.53 bits per heavy atom. The third-order valence-electron chi connectivity index (χ3n) is 4.10. The Labute approximate surface area is 92.8 Å². The zero-order chi connectivity index (χ0) is 10.7. The standard InChI is InChI=1S/C13H21NO/c1-3-5-9-14-11-10-12(15-4-2)13(11)7-6-8-13/h1,11-12,14H,4-10H2,2H3. The van der Waals surface area contributed by atoms with Crippen molar-refractivity contribution in [1.82, 2.24) is 5.32 Å². The second kappa shape index (κ2) is 4.55. The summed E-state index contributed by atoms with van der Waals surface area (Å²) in [7, 11) is 0. The maximum Gasteiger partial charge on any atom is 0.0661 e. The molecule has 2 aliphatic rings. The van der Waals surface area contributed by atoms with Crippen LogP contribution in [0.15, 0.2) is 0 Å². The maximum atomic E-state index is 5.79. The first-order chi connectivity index (χ1) is 7.33. The number of nitrogens with one attached hydrogen (secondary N) is 1. The smallest absolute Gasteiger partial charge is 0.0661 e. The van der Waals surface area contributed by atoms with Crippen molar-refractivity contribution >= 4 is 0 Å². The van der Waals surface area contributed by atoms with Crippen molar-refractivity contribution in [2.24, 2.45) is 5.41 Å². The van der Waals surface area contributed by atoms with Gasteiger partial charge in [0.2, 0.25) is 0 Å². The highest BCUT2D eigenvalue weighted by atomic mass is 16.5. The molecular formula is C13H21NO. The molecule has 15 heavy (non-hydrogen) atoms. The Bertz CT molecular complexity index is 252. The molecule has 0 aromatic rings. The lowest BCUT2D eigenvalue weighted by Crippen LogP contribution is -2.66. The molecule has 84 valence electrons. The highest BCUT2D eigenvalue weighted by molar-refractivity contribution is 5.12. The van der Waals surface area contributed by atoms with E-state index in [-0.39, 0.29) is 0 Å². The van der Waals surface area contributed by atoms with Gasteiger partial charge in [0.05, 0.1) is 6.10 Å². The highest BCUT2D eigenvalue weighted by Gasteiger charge is 2.58. The zero-order valence-corrected chi connectivity index (χ0v) is 9.59. The van der Waals surface area contributed by atoms with E-state index in [4.69, 9.17) is 11.2 Å². The number of hydrogen-bond donors (Lipinski definition) is 1. The van der Waals surface area contributed by atoms with E-state index in [1.807, 2.05) is 0 Å². The van der Waals surface area contributed by atoms with E-state index in [9.17, 15) is 0 Å². The van der Waals surface area contributed by atoms with E-state index in [0.29, 0.717) is 17.6 Å². The lowest BCUT2D eigenvalue weighted by Gasteiger charge is -2.61. The van der Waals surface area contributed by atoms with E-state index in [0.717, 1.165) is 19.6 Å². The van der Waals surface area contributed by atoms with Gasteiger partial charge >= 0.3 is 0 Å². The van der Waals surface area contributed by atoms with Crippen molar-refractivity contribution in [2.75, 3.05) is 13.2 Å². The van der Waals surface area contributed by atoms with E-state index < -0.39 is 0 Å². The van der Waals surface area contributed by atoms with Crippen LogP contribution in [0.4, 0.5) is 0 Å². The summed E-state index contributed by atoms with van der Waals surface area (Å²) in [5.41, 5.74) is 0.477. The van der Waals surface area contributed by atoms with Gasteiger partial charge in [-0.3, -0.25) is 0 Å². The van der Waals surface area contributed by atoms with Gasteiger partial charge in [0, 0.05) is 31.0 Å². The first-order valence-corrected chi connectivity index (χ1v) is 6.12. The fraction of sp³-hybridized carbons (Fsp3) is 0.846. The number of terminal acetylenes is 1. The first-order valence-electron chi connectivity index (χ1n) is 6.12. The van der Waals surface area contributed by atoms with Gasteiger partial charge in [0.25, 0.3) is 0 Å². The van der Waals surface area contributed by atoms with Crippen LogP contribution in [0.5, 0.6) is 0 Å². The minimum Gasteiger partial charge on any atom is -0.378 e. The third kappa shape index (κ3) is 1.79. The Kier molecular flexibility index (Phi) is 3.33. The number of rotatable bonds is 5. The van der Waals surface area contributed by atoms with E-state index in [1.54, 1.807) is 0 Å². The minimum absolute atomic E-state index is 0.477. The second-order valence-electron chi connectivity index (χ2n) is 4.73. The van der Waals surface area contributed by atoms with Crippen molar-refractivity contribution in [3.05, 3.63) is 0 Å². The quantitative estimate of drug-likeness (QED) is 0.549. The first kappa shape index (κ1) is 11.0. The summed E-state index contributed by atoms with van der Waals surface area (Å²) in [5, 5.41) is 3.58. The summed E-state index contributed by atoms with van der Waals surface area (Å²) in [6.45, 7) is 3.90. The largest absolute Gasteiger partial charge is 0.378 e. The summed E-state index contributed by atoms with van der Waals surface area (Å²) in [6, 6.07) is 0.663. The van der Waals surface area contributed by atoms with Crippen molar-refractivity contribution in [2.45, 2.75) is 51.2 Å². The third-order valence-corrected chi connectivity index (χ3v) is 4.10. The van der Waals surface area contributed by atoms with Gasteiger partial charge in [-0.2, -0.15) is 0 Å². The normalized spacial score (nSPS) is 31.7. The topological polar surface area (TPSA) is 21.3 Å². The predicted molar refractivity (Wildman–Crippen MR) is 61.6 cm³/mol. The monoisotopic (exact) mass is 207 g/mol. The fourth-order valence-corrected chi connectivity index (χ4v) is 3.04. The van der Waals surface area contributed by atoms with Crippen LogP contribution in [0.3, 0.4) is 0 Å². The summed E-state index contributed by atoms with van der Waals surface area (Å²) < 4.78 is 5.79. The molecule has 2 fully saturated rings. The highest BCUT2D eigenvalue weighted by Crippen LogP contribution is 2.57. The van der Waals surface area contributed by atoms with Crippen LogP contribution in [0.2, 0.25) is 0 Å². The van der Waals surface area contributed by atoms with E-state index in [2.05, 4.69) is 18.2 Å². The van der Waals surface area contributed by atoms with E-state index >= 15 is 0 Å². The Morgan fingerprint density at radius 3 is 2.87 bits per heavy atom. The molecule has 2 rings (SSSR count). The van der Waals surface area contributed by atoms with Gasteiger partial charge < -0.3 is 10.1 Å². The molecule has 0 aromatic heterocycles. The van der Waals surface area contributed by atoms with Crippen LogP contribution in [-0.4, -0.2) is 25.3 Å². The number of ether oxygens (including phenoxy) is 1. The van der Waals surface area contributed by atoms with E-state index in [1.165, 1.54) is 25.7 Å². The average Bonchev–Trinajstić information content (AvgIpc) is 2.12. The van der Waals surface area contributed by atoms with Crippen molar-refractivity contribution in [3.8, 4) is 12.3 Å². The summed E-state index contributed by atoms with van der Waals surface area (Å²) in [6.07, 6.45) is 11.8. The van der Waals surface area contributed by atoms with Crippen molar-refractivity contribution in [3.63, 3.8) is 0 Å². The molecule has 1 N–H and O–H groups in total. The Balaban J connectivity index is 1.80. The van der Waals surface area contributed by atoms with Gasteiger partial charge in [-0.25, -0.2) is 0 Å². The summed E-state index contributed by atoms with van der Waals surface area (Å²) in [5.74, 6) is 2.68. The second-order valence-corrected chi connectivity index (χ2v) is 4.73. The molecule has 2 atom stereocenters. The lowest BCUT2D eigenvalue weighted by molar-refractivity contribution is -0.172. The fourth-order valence-electron chi connectivity index (χ4n) is 3.04. The minimum atomic E-state index is 0.477. The van der Waals surface area contributed by atoms with Crippen LogP contribution >= 0.6 is 0 Å². The predicted octanol–water partition coefficient (Wildman–Crippen LogP) is 1.95. The number of hydrogen-bond acceptors (Lipinski definition) is 2. The van der Waals surface area contributed by atoms with Crippen molar-refractivity contribution < 1.29 is 4.74 Å². The summed E-state index contributed by atoms with van der Waals surface area (Å²) >= 11 is 0. The van der Waals surface area contributed by atoms with Crippen LogP contribution in [0.25, 0.3) is 0 Å². The molecular weight excluding hydrogens is 186 g/mol. The summed E-state index contributed by atoms with van der Waals surface area (Å²) in [4.78, 5) is 0. The van der Waals surface area contributed by atoms with Gasteiger partial charge in [0.1, 0.15) is 0 Å². The SMILES string of the molecule is C#CCCNC1CC(OCC)C12CCC2. The van der Waals surface area contributed by atoms with Gasteiger partial charge in [-0.15, -0.1) is 12.3 Å². The van der Waals surface area contributed by atoms with Crippen molar-refractivity contribution in [1.29, 1.82) is 0 Å². The zero-order valence-electron chi connectivity index (χ0n) is 9.59. The molecule has 0 aliphatic heterocycles. The van der Waals surface area contributed by atoms with Gasteiger partial charge in [-0.1, -0.05) is 6.42 Å². The average molecular weight is 207 g/mol. The maximum absolute atomic E-state index is 5.79. The molecule has 2 aliphatic carbocycles. The molecule has 0 heterocycles. The molecule has 0 aromatic carbocycles. The van der Waals surface area contributed by atoms with Crippen LogP contribution < -0.4 is 5.32 Å². The molecule has 0 radical (unpaired) electrons. The van der Waals surface area contributed by atoms with Crippen LogP contribution in [0.1, 0.15) is 39.0 Å². The van der Waals surface area contributed by atoms with Crippen LogP contribution in [0, 0.1) is 17.8 Å². The molecule has 2 heteroatoms. The molecule has 2 nitrogen and oxygen atoms in total. The molecule has 0 saturated heterocycles. The Hall–Kier alpha value is -0.520. The molecule has 0 bridgehead atoms. The lowest BCUT2D eigenvalue weighted by atomic mass is 9.51. The molecule has 2 saturated carbocycles. The van der Waals surface area contributed by atoms with Crippen LogP contribution in [-0.2, 0) is 4.74 Å².